The second kappa shape index (κ2) is 9.46. The first-order valence-corrected chi connectivity index (χ1v) is 9.28. The Morgan fingerprint density at radius 1 is 1.37 bits per heavy atom. The number of aryl methyl sites for hydroxylation is 1. The molecule has 7 nitrogen and oxygen atoms in total. The van der Waals surface area contributed by atoms with Gasteiger partial charge in [0.05, 0.1) is 24.5 Å². The van der Waals surface area contributed by atoms with Crippen LogP contribution >= 0.6 is 11.3 Å². The van der Waals surface area contributed by atoms with Crippen molar-refractivity contribution in [3.05, 3.63) is 34.3 Å². The van der Waals surface area contributed by atoms with E-state index in [2.05, 4.69) is 11.1 Å². The molecule has 1 heterocycles. The van der Waals surface area contributed by atoms with E-state index in [4.69, 9.17) is 14.6 Å². The fourth-order valence-electron chi connectivity index (χ4n) is 2.13. The molecule has 0 aliphatic rings. The number of rotatable bonds is 8. The SMILES string of the molecule is Cc1nc(-c2ccc(OCC(C)C)c(C#N)c2)sc1C(=O)OCC(O)CO. The zero-order valence-corrected chi connectivity index (χ0v) is 16.2. The molecule has 1 atom stereocenters. The van der Waals surface area contributed by atoms with Gasteiger partial charge in [-0.25, -0.2) is 9.78 Å². The number of carbonyl (C=O) groups excluding carboxylic acids is 1. The standard InChI is InChI=1S/C19H22N2O5S/c1-11(2)9-25-16-5-4-13(6-14(16)7-20)18-21-12(3)17(27-18)19(24)26-10-15(23)8-22/h4-6,11,15,22-23H,8-10H2,1-3H3. The molecule has 1 aromatic heterocycles. The normalized spacial score (nSPS) is 11.9. The third-order valence-electron chi connectivity index (χ3n) is 3.52. The number of hydrogen-bond acceptors (Lipinski definition) is 8. The van der Waals surface area contributed by atoms with E-state index in [1.165, 1.54) is 0 Å². The number of ether oxygens (including phenoxy) is 2. The molecule has 0 radical (unpaired) electrons. The summed E-state index contributed by atoms with van der Waals surface area (Å²) in [5.74, 6) is 0.248. The molecule has 0 amide bonds. The molecular formula is C19H22N2O5S. The van der Waals surface area contributed by atoms with Crippen LogP contribution in [-0.4, -0.2) is 47.1 Å². The van der Waals surface area contributed by atoms with E-state index in [9.17, 15) is 15.2 Å². The lowest BCUT2D eigenvalue weighted by molar-refractivity contribution is 0.00963. The largest absolute Gasteiger partial charge is 0.492 e. The number of carbonyl (C=O) groups is 1. The maximum Gasteiger partial charge on any atom is 0.350 e. The summed E-state index contributed by atoms with van der Waals surface area (Å²) in [4.78, 5) is 16.8. The zero-order chi connectivity index (χ0) is 20.0. The van der Waals surface area contributed by atoms with Gasteiger partial charge in [0, 0.05) is 5.56 Å². The van der Waals surface area contributed by atoms with Gasteiger partial charge in [-0.2, -0.15) is 5.26 Å². The fraction of sp³-hybridized carbons (Fsp3) is 0.421. The molecule has 0 fully saturated rings. The van der Waals surface area contributed by atoms with Crippen LogP contribution < -0.4 is 4.74 Å². The Morgan fingerprint density at radius 3 is 2.74 bits per heavy atom. The number of benzene rings is 1. The number of aliphatic hydroxyl groups is 2. The maximum atomic E-state index is 12.1. The van der Waals surface area contributed by atoms with E-state index in [0.29, 0.717) is 45.0 Å². The van der Waals surface area contributed by atoms with Crippen LogP contribution in [0.15, 0.2) is 18.2 Å². The highest BCUT2D eigenvalue weighted by molar-refractivity contribution is 7.17. The Kier molecular flexibility index (Phi) is 7.30. The van der Waals surface area contributed by atoms with Crippen molar-refractivity contribution in [1.29, 1.82) is 5.26 Å². The third-order valence-corrected chi connectivity index (χ3v) is 4.71. The molecule has 0 bridgehead atoms. The Balaban J connectivity index is 2.21. The van der Waals surface area contributed by atoms with Crippen molar-refractivity contribution in [2.24, 2.45) is 5.92 Å². The van der Waals surface area contributed by atoms with Crippen LogP contribution in [0.25, 0.3) is 10.6 Å². The highest BCUT2D eigenvalue weighted by atomic mass is 32.1. The highest BCUT2D eigenvalue weighted by Gasteiger charge is 2.19. The summed E-state index contributed by atoms with van der Waals surface area (Å²) in [6.07, 6.45) is -1.11. The zero-order valence-electron chi connectivity index (χ0n) is 15.4. The summed E-state index contributed by atoms with van der Waals surface area (Å²) in [6.45, 7) is 5.48. The topological polar surface area (TPSA) is 113 Å². The number of aromatic nitrogens is 1. The quantitative estimate of drug-likeness (QED) is 0.666. The maximum absolute atomic E-state index is 12.1. The van der Waals surface area contributed by atoms with Crippen LogP contribution in [-0.2, 0) is 4.74 Å². The van der Waals surface area contributed by atoms with Crippen LogP contribution in [0.1, 0.15) is 34.8 Å². The van der Waals surface area contributed by atoms with Crippen LogP contribution in [0.4, 0.5) is 0 Å². The van der Waals surface area contributed by atoms with Gasteiger partial charge in [-0.15, -0.1) is 11.3 Å². The van der Waals surface area contributed by atoms with E-state index in [1.807, 2.05) is 13.8 Å². The molecule has 2 N–H and O–H groups in total. The smallest absolute Gasteiger partial charge is 0.350 e. The van der Waals surface area contributed by atoms with Gasteiger partial charge in [0.1, 0.15) is 34.4 Å². The molecule has 144 valence electrons. The van der Waals surface area contributed by atoms with Crippen molar-refractivity contribution in [3.8, 4) is 22.4 Å². The lowest BCUT2D eigenvalue weighted by atomic mass is 10.1. The highest BCUT2D eigenvalue weighted by Crippen LogP contribution is 2.31. The van der Waals surface area contributed by atoms with Gasteiger partial charge < -0.3 is 19.7 Å². The number of nitriles is 1. The van der Waals surface area contributed by atoms with E-state index in [0.717, 1.165) is 11.3 Å². The van der Waals surface area contributed by atoms with Gasteiger partial charge in [0.2, 0.25) is 0 Å². The Hall–Kier alpha value is -2.47. The summed E-state index contributed by atoms with van der Waals surface area (Å²) in [6, 6.07) is 7.32. The molecule has 1 aromatic carbocycles. The monoisotopic (exact) mass is 390 g/mol. The van der Waals surface area contributed by atoms with Crippen molar-refractivity contribution in [2.45, 2.75) is 26.9 Å². The van der Waals surface area contributed by atoms with Crippen LogP contribution in [0, 0.1) is 24.2 Å². The average molecular weight is 390 g/mol. The molecular weight excluding hydrogens is 368 g/mol. The first-order chi connectivity index (χ1) is 12.8. The fourth-order valence-corrected chi connectivity index (χ4v) is 3.09. The lowest BCUT2D eigenvalue weighted by Gasteiger charge is -2.10. The van der Waals surface area contributed by atoms with E-state index < -0.39 is 18.7 Å². The Labute approximate surface area is 161 Å². The predicted octanol–water partition coefficient (Wildman–Crippen LogP) is 2.54. The van der Waals surface area contributed by atoms with Crippen LogP contribution in [0.5, 0.6) is 5.75 Å². The Morgan fingerprint density at radius 2 is 2.11 bits per heavy atom. The number of aliphatic hydroxyl groups excluding tert-OH is 2. The Bertz CT molecular complexity index is 841. The number of hydrogen-bond donors (Lipinski definition) is 2. The van der Waals surface area contributed by atoms with Crippen LogP contribution in [0.2, 0.25) is 0 Å². The van der Waals surface area contributed by atoms with E-state index >= 15 is 0 Å². The first kappa shape index (κ1) is 20.8. The molecule has 2 rings (SSSR count). The minimum atomic E-state index is -1.11. The molecule has 0 saturated heterocycles. The van der Waals surface area contributed by atoms with Crippen molar-refractivity contribution >= 4 is 17.3 Å². The molecule has 0 aliphatic heterocycles. The van der Waals surface area contributed by atoms with Crippen LogP contribution in [0.3, 0.4) is 0 Å². The van der Waals surface area contributed by atoms with Crippen molar-refractivity contribution in [1.82, 2.24) is 4.98 Å². The van der Waals surface area contributed by atoms with Gasteiger partial charge in [0.15, 0.2) is 0 Å². The number of nitrogens with zero attached hydrogens (tertiary/aromatic N) is 2. The van der Waals surface area contributed by atoms with Gasteiger partial charge in [-0.1, -0.05) is 13.8 Å². The second-order valence-electron chi connectivity index (χ2n) is 6.40. The van der Waals surface area contributed by atoms with Gasteiger partial charge >= 0.3 is 5.97 Å². The molecule has 1 unspecified atom stereocenters. The van der Waals surface area contributed by atoms with Gasteiger partial charge in [-0.05, 0) is 31.0 Å². The third kappa shape index (κ3) is 5.50. The molecule has 2 aromatic rings. The van der Waals surface area contributed by atoms with Crippen molar-refractivity contribution < 1.29 is 24.5 Å². The van der Waals surface area contributed by atoms with Crippen molar-refractivity contribution in [2.75, 3.05) is 19.8 Å². The summed E-state index contributed by atoms with van der Waals surface area (Å²) < 4.78 is 10.6. The predicted molar refractivity (Wildman–Crippen MR) is 101 cm³/mol. The number of esters is 1. The summed E-state index contributed by atoms with van der Waals surface area (Å²) in [5.41, 5.74) is 1.60. The summed E-state index contributed by atoms with van der Waals surface area (Å²) >= 11 is 1.14. The van der Waals surface area contributed by atoms with E-state index in [-0.39, 0.29) is 6.61 Å². The first-order valence-electron chi connectivity index (χ1n) is 8.46. The average Bonchev–Trinajstić information content (AvgIpc) is 3.05. The molecule has 0 aliphatic carbocycles. The van der Waals surface area contributed by atoms with Crippen molar-refractivity contribution in [3.63, 3.8) is 0 Å². The molecule has 0 spiro atoms. The second-order valence-corrected chi connectivity index (χ2v) is 7.40. The molecule has 8 heteroatoms. The number of thiazole rings is 1. The summed E-state index contributed by atoms with van der Waals surface area (Å²) in [5, 5.41) is 28.0. The lowest BCUT2D eigenvalue weighted by Crippen LogP contribution is -2.21. The minimum absolute atomic E-state index is 0.289. The minimum Gasteiger partial charge on any atom is -0.492 e. The summed E-state index contributed by atoms with van der Waals surface area (Å²) in [7, 11) is 0. The van der Waals surface area contributed by atoms with Gasteiger partial charge in [0.25, 0.3) is 0 Å². The molecule has 27 heavy (non-hydrogen) atoms. The van der Waals surface area contributed by atoms with Gasteiger partial charge in [-0.3, -0.25) is 0 Å². The molecule has 0 saturated carbocycles. The van der Waals surface area contributed by atoms with E-state index in [1.54, 1.807) is 25.1 Å².